The van der Waals surface area contributed by atoms with Crippen molar-refractivity contribution in [1.82, 2.24) is 0 Å². The Bertz CT molecular complexity index is 212. The zero-order chi connectivity index (χ0) is 19.0. The van der Waals surface area contributed by atoms with Gasteiger partial charge in [-0.1, -0.05) is 84.0 Å². The molecule has 0 aliphatic heterocycles. The summed E-state index contributed by atoms with van der Waals surface area (Å²) in [7, 11) is 1.68. The second-order valence-electron chi connectivity index (χ2n) is 7.07. The van der Waals surface area contributed by atoms with Gasteiger partial charge in [-0.05, 0) is 6.42 Å². The molecule has 0 aliphatic carbocycles. The van der Waals surface area contributed by atoms with Gasteiger partial charge in [0.2, 0.25) is 0 Å². The molecule has 0 saturated heterocycles. The van der Waals surface area contributed by atoms with Crippen LogP contribution in [0, 0.1) is 0 Å². The van der Waals surface area contributed by atoms with Crippen molar-refractivity contribution in [3.63, 3.8) is 0 Å². The molecule has 26 heavy (non-hydrogen) atoms. The second-order valence-corrected chi connectivity index (χ2v) is 7.07. The fourth-order valence-electron chi connectivity index (χ4n) is 2.91. The van der Waals surface area contributed by atoms with E-state index in [1.807, 2.05) is 0 Å². The quantitative estimate of drug-likeness (QED) is 0.213. The minimum absolute atomic E-state index is 0.627. The molecule has 0 fully saturated rings. The summed E-state index contributed by atoms with van der Waals surface area (Å²) in [5.74, 6) is 0. The zero-order valence-electron chi connectivity index (χ0n) is 17.8. The highest BCUT2D eigenvalue weighted by molar-refractivity contribution is 4.49. The Labute approximate surface area is 163 Å². The molecule has 0 aliphatic rings. The van der Waals surface area contributed by atoms with E-state index in [1.165, 1.54) is 83.5 Å². The van der Waals surface area contributed by atoms with Crippen molar-refractivity contribution >= 4 is 0 Å². The number of hydrogen-bond donors (Lipinski definition) is 0. The van der Waals surface area contributed by atoms with Gasteiger partial charge in [0.1, 0.15) is 0 Å². The summed E-state index contributed by atoms with van der Waals surface area (Å²) >= 11 is 0. The fraction of sp³-hybridized carbons (Fsp3) is 1.00. The summed E-state index contributed by atoms with van der Waals surface area (Å²) < 4.78 is 21.3. The molecule has 0 bridgehead atoms. The van der Waals surface area contributed by atoms with Gasteiger partial charge in [-0.15, -0.1) is 0 Å². The van der Waals surface area contributed by atoms with Crippen LogP contribution in [-0.2, 0) is 18.9 Å². The molecule has 0 spiro atoms. The van der Waals surface area contributed by atoms with Gasteiger partial charge in [0.15, 0.2) is 0 Å². The average Bonchev–Trinajstić information content (AvgIpc) is 2.66. The summed E-state index contributed by atoms with van der Waals surface area (Å²) in [6, 6.07) is 0. The fourth-order valence-corrected chi connectivity index (χ4v) is 2.91. The van der Waals surface area contributed by atoms with Gasteiger partial charge in [0.05, 0.1) is 39.6 Å². The molecule has 0 heterocycles. The molecule has 0 unspecified atom stereocenters. The summed E-state index contributed by atoms with van der Waals surface area (Å²) in [4.78, 5) is 0. The summed E-state index contributed by atoms with van der Waals surface area (Å²) in [5, 5.41) is 0. The maximum atomic E-state index is 5.59. The highest BCUT2D eigenvalue weighted by Gasteiger charge is 1.95. The maximum absolute atomic E-state index is 5.59. The predicted octanol–water partition coefficient (Wildman–Crippen LogP) is 5.77. The van der Waals surface area contributed by atoms with Gasteiger partial charge in [0.25, 0.3) is 0 Å². The smallest absolute Gasteiger partial charge is 0.0701 e. The first kappa shape index (κ1) is 25.8. The lowest BCUT2D eigenvalue weighted by Gasteiger charge is -2.07. The largest absolute Gasteiger partial charge is 0.382 e. The van der Waals surface area contributed by atoms with Gasteiger partial charge in [-0.25, -0.2) is 0 Å². The Morgan fingerprint density at radius 3 is 1.15 bits per heavy atom. The molecule has 0 radical (unpaired) electrons. The van der Waals surface area contributed by atoms with Crippen LogP contribution in [0.3, 0.4) is 0 Å². The summed E-state index contributed by atoms with van der Waals surface area (Å²) in [6.45, 7) is 7.03. The van der Waals surface area contributed by atoms with E-state index in [1.54, 1.807) is 7.11 Å². The van der Waals surface area contributed by atoms with E-state index in [4.69, 9.17) is 18.9 Å². The predicted molar refractivity (Wildman–Crippen MR) is 110 cm³/mol. The molecule has 158 valence electrons. The molecule has 0 saturated carbocycles. The Hall–Kier alpha value is -0.160. The minimum atomic E-state index is 0.627. The van der Waals surface area contributed by atoms with Gasteiger partial charge in [0, 0.05) is 13.7 Å². The molecular formula is C22H46O4. The number of unbranched alkanes of at least 4 members (excludes halogenated alkanes) is 12. The third-order valence-corrected chi connectivity index (χ3v) is 4.57. The van der Waals surface area contributed by atoms with Crippen LogP contribution in [0.15, 0.2) is 0 Å². The van der Waals surface area contributed by atoms with Crippen molar-refractivity contribution in [2.45, 2.75) is 90.4 Å². The van der Waals surface area contributed by atoms with E-state index in [0.717, 1.165) is 6.61 Å². The number of rotatable bonds is 23. The number of ether oxygens (including phenoxy) is 4. The number of methoxy groups -OCH3 is 1. The Morgan fingerprint density at radius 1 is 0.385 bits per heavy atom. The van der Waals surface area contributed by atoms with Crippen LogP contribution in [0.2, 0.25) is 0 Å². The van der Waals surface area contributed by atoms with Gasteiger partial charge < -0.3 is 18.9 Å². The molecule has 4 heteroatoms. The molecule has 4 nitrogen and oxygen atoms in total. The maximum Gasteiger partial charge on any atom is 0.0701 e. The van der Waals surface area contributed by atoms with Crippen molar-refractivity contribution in [3.8, 4) is 0 Å². The average molecular weight is 375 g/mol. The van der Waals surface area contributed by atoms with Crippen LogP contribution in [0.5, 0.6) is 0 Å². The lowest BCUT2D eigenvalue weighted by atomic mass is 10.0. The Balaban J connectivity index is 2.95. The van der Waals surface area contributed by atoms with Crippen LogP contribution in [-0.4, -0.2) is 53.4 Å². The topological polar surface area (TPSA) is 36.9 Å². The zero-order valence-corrected chi connectivity index (χ0v) is 17.8. The Morgan fingerprint density at radius 2 is 0.731 bits per heavy atom. The minimum Gasteiger partial charge on any atom is -0.382 e. The lowest BCUT2D eigenvalue weighted by Crippen LogP contribution is -2.11. The highest BCUT2D eigenvalue weighted by atomic mass is 16.6. The highest BCUT2D eigenvalue weighted by Crippen LogP contribution is 2.12. The van der Waals surface area contributed by atoms with E-state index in [2.05, 4.69) is 6.92 Å². The SMILES string of the molecule is CCCCCCCCCCCCCCCOCCOCCOCCOC. The molecule has 0 aromatic heterocycles. The molecule has 0 aromatic carbocycles. The van der Waals surface area contributed by atoms with Gasteiger partial charge in [-0.3, -0.25) is 0 Å². The van der Waals surface area contributed by atoms with E-state index in [9.17, 15) is 0 Å². The normalized spacial score (nSPS) is 11.3. The van der Waals surface area contributed by atoms with Gasteiger partial charge in [-0.2, -0.15) is 0 Å². The molecule has 0 amide bonds. The van der Waals surface area contributed by atoms with Crippen LogP contribution in [0.25, 0.3) is 0 Å². The molecule has 0 atom stereocenters. The standard InChI is InChI=1S/C22H46O4/c1-3-4-5-6-7-8-9-10-11-12-13-14-15-16-24-19-20-26-22-21-25-18-17-23-2/h3-22H2,1-2H3. The monoisotopic (exact) mass is 374 g/mol. The van der Waals surface area contributed by atoms with Crippen LogP contribution < -0.4 is 0 Å². The summed E-state index contributed by atoms with van der Waals surface area (Å²) in [6.07, 6.45) is 18.0. The first-order valence-electron chi connectivity index (χ1n) is 11.1. The third-order valence-electron chi connectivity index (χ3n) is 4.57. The summed E-state index contributed by atoms with van der Waals surface area (Å²) in [5.41, 5.74) is 0. The second kappa shape index (κ2) is 24.8. The van der Waals surface area contributed by atoms with Crippen molar-refractivity contribution in [3.05, 3.63) is 0 Å². The van der Waals surface area contributed by atoms with Crippen molar-refractivity contribution in [2.24, 2.45) is 0 Å². The van der Waals surface area contributed by atoms with Crippen molar-refractivity contribution < 1.29 is 18.9 Å². The molecule has 0 N–H and O–H groups in total. The van der Waals surface area contributed by atoms with E-state index >= 15 is 0 Å². The van der Waals surface area contributed by atoms with E-state index in [-0.39, 0.29) is 0 Å². The third kappa shape index (κ3) is 23.8. The van der Waals surface area contributed by atoms with Crippen LogP contribution in [0.4, 0.5) is 0 Å². The van der Waals surface area contributed by atoms with E-state index in [0.29, 0.717) is 39.6 Å². The molecule has 0 rings (SSSR count). The van der Waals surface area contributed by atoms with Crippen LogP contribution in [0.1, 0.15) is 90.4 Å². The lowest BCUT2D eigenvalue weighted by molar-refractivity contribution is 0.00323. The molecular weight excluding hydrogens is 328 g/mol. The first-order valence-corrected chi connectivity index (χ1v) is 11.1. The van der Waals surface area contributed by atoms with Gasteiger partial charge >= 0.3 is 0 Å². The first-order chi connectivity index (χ1) is 12.9. The van der Waals surface area contributed by atoms with E-state index < -0.39 is 0 Å². The van der Waals surface area contributed by atoms with Crippen molar-refractivity contribution in [1.29, 1.82) is 0 Å². The molecule has 0 aromatic rings. The Kier molecular flexibility index (Phi) is 24.7. The van der Waals surface area contributed by atoms with Crippen LogP contribution >= 0.6 is 0 Å². The van der Waals surface area contributed by atoms with Crippen molar-refractivity contribution in [2.75, 3.05) is 53.4 Å². The number of hydrogen-bond acceptors (Lipinski definition) is 4.